The first-order chi connectivity index (χ1) is 13.1. The molecule has 174 valence electrons. The molecule has 0 saturated heterocycles. The molecular weight excluding hydrogens is 370 g/mol. The molecule has 0 aromatic heterocycles. The third kappa shape index (κ3) is 17.7. The number of nitrogens with two attached hydrogens (primary N) is 1. The lowest BCUT2D eigenvalue weighted by atomic mass is 9.95. The minimum atomic E-state index is -1.26. The van der Waals surface area contributed by atoms with E-state index in [0.717, 1.165) is 19.5 Å². The summed E-state index contributed by atoms with van der Waals surface area (Å²) in [5, 5.41) is 73.0. The van der Waals surface area contributed by atoms with Gasteiger partial charge in [-0.3, -0.25) is 0 Å². The highest BCUT2D eigenvalue weighted by atomic mass is 16.4. The first-order valence-electron chi connectivity index (χ1n) is 10.1. The van der Waals surface area contributed by atoms with Crippen molar-refractivity contribution in [3.8, 4) is 0 Å². The van der Waals surface area contributed by atoms with E-state index in [2.05, 4.69) is 12.2 Å². The lowest BCUT2D eigenvalue weighted by Crippen LogP contribution is -2.85. The van der Waals surface area contributed by atoms with E-state index in [1.807, 2.05) is 6.92 Å². The fraction of sp³-hybridized carbons (Fsp3) is 1.00. The molecule has 9 nitrogen and oxygen atoms in total. The second-order valence-electron chi connectivity index (χ2n) is 7.19. The molecule has 0 heterocycles. The minimum Gasteiger partial charge on any atom is -0.396 e. The summed E-state index contributed by atoms with van der Waals surface area (Å²) in [5.74, 6) is 0. The third-order valence-electron chi connectivity index (χ3n) is 4.11. The Bertz CT molecular complexity index is 293. The SMILES string of the molecule is CC(CO)(CO)CO.CCC[C@H](O)[C@@H](O)[C@H](O)[C@H](O)CC.CCC[NH2+]CCO. The lowest BCUT2D eigenvalue weighted by Gasteiger charge is -2.25. The number of hydrogen-bond acceptors (Lipinski definition) is 8. The Labute approximate surface area is 169 Å². The van der Waals surface area contributed by atoms with Crippen LogP contribution in [0.5, 0.6) is 0 Å². The largest absolute Gasteiger partial charge is 0.396 e. The zero-order valence-corrected chi connectivity index (χ0v) is 18.0. The second-order valence-corrected chi connectivity index (χ2v) is 7.19. The zero-order chi connectivity index (χ0) is 22.6. The number of hydrogen-bond donors (Lipinski definition) is 9. The van der Waals surface area contributed by atoms with Crippen LogP contribution >= 0.6 is 0 Å². The van der Waals surface area contributed by atoms with Crippen LogP contribution in [-0.2, 0) is 0 Å². The fourth-order valence-corrected chi connectivity index (χ4v) is 1.75. The average molecular weight is 417 g/mol. The van der Waals surface area contributed by atoms with Gasteiger partial charge in [0.1, 0.15) is 12.2 Å². The van der Waals surface area contributed by atoms with Gasteiger partial charge < -0.3 is 46.2 Å². The summed E-state index contributed by atoms with van der Waals surface area (Å²) in [6.45, 7) is 9.07. The van der Waals surface area contributed by atoms with E-state index >= 15 is 0 Å². The Kier molecular flexibility index (Phi) is 24.6. The number of aliphatic hydroxyl groups is 8. The van der Waals surface area contributed by atoms with Crippen LogP contribution in [0, 0.1) is 5.41 Å². The molecule has 0 aliphatic rings. The van der Waals surface area contributed by atoms with Gasteiger partial charge in [0.2, 0.25) is 0 Å². The third-order valence-corrected chi connectivity index (χ3v) is 4.11. The Balaban J connectivity index is -0.000000359. The van der Waals surface area contributed by atoms with Gasteiger partial charge >= 0.3 is 0 Å². The van der Waals surface area contributed by atoms with Crippen molar-refractivity contribution < 1.29 is 46.2 Å². The average Bonchev–Trinajstić information content (AvgIpc) is 2.72. The summed E-state index contributed by atoms with van der Waals surface area (Å²) < 4.78 is 0. The zero-order valence-electron chi connectivity index (χ0n) is 18.0. The summed E-state index contributed by atoms with van der Waals surface area (Å²) in [5.41, 5.74) is -0.708. The summed E-state index contributed by atoms with van der Waals surface area (Å²) in [7, 11) is 0. The van der Waals surface area contributed by atoms with Gasteiger partial charge in [-0.25, -0.2) is 0 Å². The van der Waals surface area contributed by atoms with Crippen molar-refractivity contribution in [3.63, 3.8) is 0 Å². The molecule has 0 bridgehead atoms. The van der Waals surface area contributed by atoms with Crippen molar-refractivity contribution in [2.24, 2.45) is 5.41 Å². The normalized spacial score (nSPS) is 15.4. The van der Waals surface area contributed by atoms with Crippen LogP contribution in [0.15, 0.2) is 0 Å². The molecule has 9 heteroatoms. The molecular formula is C19H46NO8+. The molecule has 4 atom stereocenters. The van der Waals surface area contributed by atoms with E-state index in [1.54, 1.807) is 13.8 Å². The van der Waals surface area contributed by atoms with Crippen LogP contribution in [0.3, 0.4) is 0 Å². The van der Waals surface area contributed by atoms with Gasteiger partial charge in [-0.2, -0.15) is 0 Å². The first-order valence-corrected chi connectivity index (χ1v) is 10.1. The second kappa shape index (κ2) is 21.4. The van der Waals surface area contributed by atoms with Gasteiger partial charge in [0.25, 0.3) is 0 Å². The van der Waals surface area contributed by atoms with E-state index in [4.69, 9.17) is 20.4 Å². The van der Waals surface area contributed by atoms with Crippen LogP contribution in [0.4, 0.5) is 0 Å². The maximum Gasteiger partial charge on any atom is 0.108 e. The first kappa shape index (κ1) is 32.3. The van der Waals surface area contributed by atoms with Crippen molar-refractivity contribution in [2.45, 2.75) is 77.8 Å². The van der Waals surface area contributed by atoms with Crippen LogP contribution < -0.4 is 5.32 Å². The van der Waals surface area contributed by atoms with Gasteiger partial charge in [0.05, 0.1) is 51.7 Å². The van der Waals surface area contributed by atoms with Gasteiger partial charge in [-0.15, -0.1) is 0 Å². The van der Waals surface area contributed by atoms with Crippen LogP contribution in [0.25, 0.3) is 0 Å². The molecule has 28 heavy (non-hydrogen) atoms. The quantitative estimate of drug-likeness (QED) is 0.149. The molecule has 0 unspecified atom stereocenters. The molecule has 0 radical (unpaired) electrons. The van der Waals surface area contributed by atoms with Crippen molar-refractivity contribution in [1.29, 1.82) is 0 Å². The molecule has 0 fully saturated rings. The topological polar surface area (TPSA) is 178 Å². The van der Waals surface area contributed by atoms with Gasteiger partial charge in [0.15, 0.2) is 0 Å². The van der Waals surface area contributed by atoms with E-state index in [1.165, 1.54) is 6.42 Å². The minimum absolute atomic E-state index is 0.181. The fourth-order valence-electron chi connectivity index (χ4n) is 1.75. The summed E-state index contributed by atoms with van der Waals surface area (Å²) in [6, 6.07) is 0. The Morgan fingerprint density at radius 2 is 1.18 bits per heavy atom. The van der Waals surface area contributed by atoms with E-state index < -0.39 is 29.8 Å². The van der Waals surface area contributed by atoms with Gasteiger partial charge in [-0.05, 0) is 19.3 Å². The number of aliphatic hydroxyl groups excluding tert-OH is 8. The molecule has 0 spiro atoms. The van der Waals surface area contributed by atoms with E-state index in [-0.39, 0.29) is 19.8 Å². The summed E-state index contributed by atoms with van der Waals surface area (Å²) >= 11 is 0. The van der Waals surface area contributed by atoms with Crippen LogP contribution in [0.1, 0.15) is 53.4 Å². The maximum absolute atomic E-state index is 9.36. The van der Waals surface area contributed by atoms with Crippen molar-refractivity contribution in [3.05, 3.63) is 0 Å². The molecule has 0 aliphatic carbocycles. The van der Waals surface area contributed by atoms with Crippen LogP contribution in [0.2, 0.25) is 0 Å². The molecule has 0 saturated carbocycles. The predicted molar refractivity (Wildman–Crippen MR) is 108 cm³/mol. The highest BCUT2D eigenvalue weighted by Gasteiger charge is 2.28. The van der Waals surface area contributed by atoms with Crippen molar-refractivity contribution >= 4 is 0 Å². The van der Waals surface area contributed by atoms with Gasteiger partial charge in [-0.1, -0.05) is 34.1 Å². The monoisotopic (exact) mass is 416 g/mol. The Hall–Kier alpha value is -0.360. The molecule has 0 amide bonds. The van der Waals surface area contributed by atoms with Crippen molar-refractivity contribution in [2.75, 3.05) is 39.5 Å². The lowest BCUT2D eigenvalue weighted by molar-refractivity contribution is -0.655. The van der Waals surface area contributed by atoms with Crippen LogP contribution in [-0.4, -0.2) is 105 Å². The standard InChI is InChI=1S/C9H20O4.C5H13NO.C5H12O3/c1-3-5-7(11)9(13)8(12)6(10)4-2;1-2-3-6-4-5-7;1-5(2-6,3-7)4-8/h6-13H,3-5H2,1-2H3;6-7H,2-5H2,1H3;6-8H,2-4H2,1H3/p+1/t6-,7+,8-,9-;;/m1../s1. The molecule has 0 aromatic carbocycles. The van der Waals surface area contributed by atoms with Gasteiger partial charge in [0, 0.05) is 5.41 Å². The summed E-state index contributed by atoms with van der Waals surface area (Å²) in [6.07, 6.45) is -1.73. The van der Waals surface area contributed by atoms with Crippen molar-refractivity contribution in [1.82, 2.24) is 0 Å². The molecule has 0 rings (SSSR count). The highest BCUT2D eigenvalue weighted by Crippen LogP contribution is 2.11. The Morgan fingerprint density at radius 3 is 1.46 bits per heavy atom. The molecule has 0 aliphatic heterocycles. The molecule has 10 N–H and O–H groups in total. The predicted octanol–water partition coefficient (Wildman–Crippen LogP) is -2.44. The van der Waals surface area contributed by atoms with E-state index in [0.29, 0.717) is 19.4 Å². The van der Waals surface area contributed by atoms with E-state index in [9.17, 15) is 20.4 Å². The molecule has 0 aromatic rings. The Morgan fingerprint density at radius 1 is 0.714 bits per heavy atom. The number of rotatable bonds is 13. The highest BCUT2D eigenvalue weighted by molar-refractivity contribution is 4.79. The number of quaternary nitrogens is 1. The smallest absolute Gasteiger partial charge is 0.108 e. The summed E-state index contributed by atoms with van der Waals surface area (Å²) in [4.78, 5) is 0. The maximum atomic E-state index is 9.36.